The Morgan fingerprint density at radius 1 is 0.939 bits per heavy atom. The van der Waals surface area contributed by atoms with E-state index in [4.69, 9.17) is 4.74 Å². The second kappa shape index (κ2) is 10.0. The van der Waals surface area contributed by atoms with Crippen molar-refractivity contribution in [3.05, 3.63) is 89.7 Å². The third-order valence-electron chi connectivity index (χ3n) is 4.37. The number of alkyl halides is 3. The van der Waals surface area contributed by atoms with Crippen molar-refractivity contribution in [2.24, 2.45) is 0 Å². The lowest BCUT2D eigenvalue weighted by molar-refractivity contribution is -0.140. The topological polar surface area (TPSA) is 84.5 Å². The summed E-state index contributed by atoms with van der Waals surface area (Å²) in [6.45, 7) is -0.446. The van der Waals surface area contributed by atoms with Crippen LogP contribution in [0.25, 0.3) is 0 Å². The van der Waals surface area contributed by atoms with E-state index in [1.165, 1.54) is 24.3 Å². The maximum atomic E-state index is 13.3. The molecule has 11 heteroatoms. The van der Waals surface area contributed by atoms with Crippen molar-refractivity contribution >= 4 is 21.6 Å². The highest BCUT2D eigenvalue weighted by Crippen LogP contribution is 2.33. The molecule has 0 fully saturated rings. The first kappa shape index (κ1) is 24.2. The minimum Gasteiger partial charge on any atom is -0.484 e. The molecule has 0 aliphatic heterocycles. The maximum absolute atomic E-state index is 13.3. The van der Waals surface area contributed by atoms with Gasteiger partial charge in [-0.05, 0) is 48.0 Å². The highest BCUT2D eigenvalue weighted by molar-refractivity contribution is 7.89. The first-order valence-electron chi connectivity index (χ1n) is 9.48. The second-order valence-corrected chi connectivity index (χ2v) is 8.58. The van der Waals surface area contributed by atoms with Gasteiger partial charge < -0.3 is 10.1 Å². The van der Waals surface area contributed by atoms with Gasteiger partial charge in [0.25, 0.3) is 5.91 Å². The van der Waals surface area contributed by atoms with Crippen LogP contribution < -0.4 is 14.8 Å². The van der Waals surface area contributed by atoms with Crippen LogP contribution in [0.15, 0.2) is 77.7 Å². The fraction of sp³-hybridized carbons (Fsp3) is 0.136. The van der Waals surface area contributed by atoms with E-state index in [1.54, 1.807) is 24.3 Å². The number of amides is 1. The van der Waals surface area contributed by atoms with E-state index in [1.807, 2.05) is 6.07 Å². The molecule has 2 N–H and O–H groups in total. The summed E-state index contributed by atoms with van der Waals surface area (Å²) < 4.78 is 84.1. The minimum atomic E-state index is -4.90. The Morgan fingerprint density at radius 3 is 2.24 bits per heavy atom. The van der Waals surface area contributed by atoms with Crippen LogP contribution in [0, 0.1) is 5.82 Å². The summed E-state index contributed by atoms with van der Waals surface area (Å²) in [7, 11) is -3.77. The fourth-order valence-electron chi connectivity index (χ4n) is 2.74. The van der Waals surface area contributed by atoms with Gasteiger partial charge in [-0.1, -0.05) is 30.3 Å². The number of hydrogen-bond acceptors (Lipinski definition) is 4. The molecule has 3 rings (SSSR count). The molecule has 0 spiro atoms. The minimum absolute atomic E-state index is 0.0128. The number of anilines is 1. The molecule has 0 heterocycles. The predicted molar refractivity (Wildman–Crippen MR) is 112 cm³/mol. The molecule has 33 heavy (non-hydrogen) atoms. The molecular weight excluding hydrogens is 464 g/mol. The standard InChI is InChI=1S/C22H18F4N2O4S/c23-20-11-6-16(12-19(20)22(24,25)26)28-21(29)14-32-17-7-9-18(10-8-17)33(30,31)27-13-15-4-2-1-3-5-15/h1-12,27H,13-14H2,(H,28,29). The van der Waals surface area contributed by atoms with Crippen LogP contribution in [-0.2, 0) is 27.5 Å². The molecule has 6 nitrogen and oxygen atoms in total. The van der Waals surface area contributed by atoms with Gasteiger partial charge in [-0.15, -0.1) is 0 Å². The number of rotatable bonds is 8. The summed E-state index contributed by atoms with van der Waals surface area (Å²) in [4.78, 5) is 11.9. The lowest BCUT2D eigenvalue weighted by Crippen LogP contribution is -2.23. The largest absolute Gasteiger partial charge is 0.484 e. The van der Waals surface area contributed by atoms with E-state index in [0.717, 1.165) is 11.6 Å². The van der Waals surface area contributed by atoms with Crippen molar-refractivity contribution in [3.8, 4) is 5.75 Å². The van der Waals surface area contributed by atoms with E-state index >= 15 is 0 Å². The first-order valence-corrected chi connectivity index (χ1v) is 11.0. The van der Waals surface area contributed by atoms with Crippen LogP contribution in [0.1, 0.15) is 11.1 Å². The van der Waals surface area contributed by atoms with Crippen LogP contribution in [0.2, 0.25) is 0 Å². The number of carbonyl (C=O) groups is 1. The number of sulfonamides is 1. The summed E-state index contributed by atoms with van der Waals surface area (Å²) >= 11 is 0. The summed E-state index contributed by atoms with van der Waals surface area (Å²) in [6.07, 6.45) is -4.90. The monoisotopic (exact) mass is 482 g/mol. The molecule has 0 aliphatic carbocycles. The average molecular weight is 482 g/mol. The molecule has 0 unspecified atom stereocenters. The number of nitrogens with one attached hydrogen (secondary N) is 2. The number of hydrogen-bond donors (Lipinski definition) is 2. The molecule has 0 aliphatic rings. The zero-order valence-electron chi connectivity index (χ0n) is 16.9. The van der Waals surface area contributed by atoms with Crippen LogP contribution >= 0.6 is 0 Å². The van der Waals surface area contributed by atoms with Crippen LogP contribution in [-0.4, -0.2) is 20.9 Å². The molecule has 174 valence electrons. The maximum Gasteiger partial charge on any atom is 0.419 e. The molecule has 0 saturated heterocycles. The Hall–Kier alpha value is -3.44. The van der Waals surface area contributed by atoms with Gasteiger partial charge in [-0.25, -0.2) is 17.5 Å². The smallest absolute Gasteiger partial charge is 0.419 e. The van der Waals surface area contributed by atoms with Crippen LogP contribution in [0.3, 0.4) is 0 Å². The highest BCUT2D eigenvalue weighted by atomic mass is 32.2. The molecule has 0 atom stereocenters. The van der Waals surface area contributed by atoms with Crippen molar-refractivity contribution < 1.29 is 35.5 Å². The van der Waals surface area contributed by atoms with Gasteiger partial charge in [0.2, 0.25) is 10.0 Å². The Bertz CT molecular complexity index is 1220. The molecular formula is C22H18F4N2O4S. The van der Waals surface area contributed by atoms with Gasteiger partial charge in [-0.3, -0.25) is 4.79 Å². The number of halogens is 4. The molecule has 0 saturated carbocycles. The second-order valence-electron chi connectivity index (χ2n) is 6.81. The Morgan fingerprint density at radius 2 is 1.61 bits per heavy atom. The number of carbonyl (C=O) groups excluding carboxylic acids is 1. The quantitative estimate of drug-likeness (QED) is 0.468. The lowest BCUT2D eigenvalue weighted by atomic mass is 10.2. The molecule has 1 amide bonds. The van der Waals surface area contributed by atoms with E-state index in [0.29, 0.717) is 12.1 Å². The predicted octanol–water partition coefficient (Wildman–Crippen LogP) is 4.34. The van der Waals surface area contributed by atoms with Crippen molar-refractivity contribution in [1.29, 1.82) is 0 Å². The van der Waals surface area contributed by atoms with E-state index in [9.17, 15) is 30.8 Å². The molecule has 0 bridgehead atoms. The third kappa shape index (κ3) is 6.77. The Labute approximate surface area is 187 Å². The molecule has 0 radical (unpaired) electrons. The first-order chi connectivity index (χ1) is 15.5. The fourth-order valence-corrected chi connectivity index (χ4v) is 3.76. The van der Waals surface area contributed by atoms with Gasteiger partial charge in [0.05, 0.1) is 10.5 Å². The van der Waals surface area contributed by atoms with Crippen molar-refractivity contribution in [2.45, 2.75) is 17.6 Å². The summed E-state index contributed by atoms with van der Waals surface area (Å²) in [5, 5.41) is 2.18. The number of ether oxygens (including phenoxy) is 1. The molecule has 3 aromatic rings. The molecule has 3 aromatic carbocycles. The highest BCUT2D eigenvalue weighted by Gasteiger charge is 2.34. The van der Waals surface area contributed by atoms with Gasteiger partial charge in [0, 0.05) is 12.2 Å². The zero-order valence-corrected chi connectivity index (χ0v) is 17.7. The van der Waals surface area contributed by atoms with Crippen molar-refractivity contribution in [3.63, 3.8) is 0 Å². The summed E-state index contributed by atoms with van der Waals surface area (Å²) in [5.74, 6) is -2.07. The van der Waals surface area contributed by atoms with Gasteiger partial charge in [-0.2, -0.15) is 13.2 Å². The number of benzene rings is 3. The van der Waals surface area contributed by atoms with Crippen molar-refractivity contribution in [1.82, 2.24) is 4.72 Å². The van der Waals surface area contributed by atoms with E-state index in [2.05, 4.69) is 10.0 Å². The van der Waals surface area contributed by atoms with Gasteiger partial charge >= 0.3 is 6.18 Å². The Balaban J connectivity index is 1.55. The summed E-state index contributed by atoms with van der Waals surface area (Å²) in [5.41, 5.74) is -0.960. The third-order valence-corrected chi connectivity index (χ3v) is 5.79. The van der Waals surface area contributed by atoms with Crippen LogP contribution in [0.4, 0.5) is 23.2 Å². The molecule has 0 aromatic heterocycles. The average Bonchev–Trinajstić information content (AvgIpc) is 2.78. The van der Waals surface area contributed by atoms with Crippen LogP contribution in [0.5, 0.6) is 5.75 Å². The van der Waals surface area contributed by atoms with Gasteiger partial charge in [0.1, 0.15) is 11.6 Å². The van der Waals surface area contributed by atoms with Gasteiger partial charge in [0.15, 0.2) is 6.61 Å². The van der Waals surface area contributed by atoms with E-state index in [-0.39, 0.29) is 22.9 Å². The SMILES string of the molecule is O=C(COc1ccc(S(=O)(=O)NCc2ccccc2)cc1)Nc1ccc(F)c(C(F)(F)F)c1. The van der Waals surface area contributed by atoms with Crippen molar-refractivity contribution in [2.75, 3.05) is 11.9 Å². The Kier molecular flexibility index (Phi) is 7.34. The summed E-state index contributed by atoms with van der Waals surface area (Å²) in [6, 6.07) is 16.3. The van der Waals surface area contributed by atoms with E-state index < -0.39 is 40.1 Å². The normalized spacial score (nSPS) is 11.8. The lowest BCUT2D eigenvalue weighted by Gasteiger charge is -2.12. The zero-order chi connectivity index (χ0) is 24.1.